The summed E-state index contributed by atoms with van der Waals surface area (Å²) in [5.41, 5.74) is 16.5. The fraction of sp³-hybridized carbons (Fsp3) is 0.154. The third kappa shape index (κ3) is 3.75. The standard InChI is InChI=1S/C13H11N5S/c14-13-17-12(9-19-13)11-6-4-10(5-7-11)3-1-2-8-16-18-15/h4-7,9H,2,8H2,(H2,14,17). The summed E-state index contributed by atoms with van der Waals surface area (Å²) in [6.45, 7) is 0.402. The lowest BCUT2D eigenvalue weighted by Crippen LogP contribution is -1.83. The highest BCUT2D eigenvalue weighted by Crippen LogP contribution is 2.23. The minimum Gasteiger partial charge on any atom is -0.375 e. The second kappa shape index (κ2) is 6.45. The van der Waals surface area contributed by atoms with Gasteiger partial charge in [-0.15, -0.1) is 11.3 Å². The van der Waals surface area contributed by atoms with Crippen LogP contribution < -0.4 is 5.73 Å². The van der Waals surface area contributed by atoms with Gasteiger partial charge in [-0.1, -0.05) is 29.1 Å². The van der Waals surface area contributed by atoms with Crippen LogP contribution in [0.4, 0.5) is 5.13 Å². The Morgan fingerprint density at radius 1 is 1.37 bits per heavy atom. The van der Waals surface area contributed by atoms with E-state index in [1.807, 2.05) is 29.6 Å². The number of nitrogen functional groups attached to an aromatic ring is 1. The van der Waals surface area contributed by atoms with Gasteiger partial charge in [-0.2, -0.15) is 0 Å². The molecule has 0 aliphatic carbocycles. The molecule has 0 amide bonds. The quantitative estimate of drug-likeness (QED) is 0.304. The van der Waals surface area contributed by atoms with Crippen molar-refractivity contribution in [2.24, 2.45) is 5.11 Å². The van der Waals surface area contributed by atoms with Gasteiger partial charge in [0.05, 0.1) is 5.69 Å². The van der Waals surface area contributed by atoms with Crippen molar-refractivity contribution in [1.29, 1.82) is 0 Å². The minimum atomic E-state index is 0.402. The number of rotatable bonds is 3. The third-order valence-corrected chi connectivity index (χ3v) is 3.01. The molecule has 19 heavy (non-hydrogen) atoms. The summed E-state index contributed by atoms with van der Waals surface area (Å²) in [5.74, 6) is 5.96. The number of hydrogen-bond donors (Lipinski definition) is 1. The van der Waals surface area contributed by atoms with E-state index in [4.69, 9.17) is 11.3 Å². The van der Waals surface area contributed by atoms with Crippen molar-refractivity contribution in [3.63, 3.8) is 0 Å². The lowest BCUT2D eigenvalue weighted by molar-refractivity contribution is 1.01. The van der Waals surface area contributed by atoms with E-state index in [0.29, 0.717) is 18.1 Å². The van der Waals surface area contributed by atoms with E-state index < -0.39 is 0 Å². The van der Waals surface area contributed by atoms with Gasteiger partial charge >= 0.3 is 0 Å². The molecule has 1 heterocycles. The average molecular weight is 269 g/mol. The minimum absolute atomic E-state index is 0.402. The molecule has 1 aromatic heterocycles. The molecule has 6 heteroatoms. The van der Waals surface area contributed by atoms with Gasteiger partial charge in [0.25, 0.3) is 0 Å². The summed E-state index contributed by atoms with van der Waals surface area (Å²) < 4.78 is 0. The van der Waals surface area contributed by atoms with Gasteiger partial charge in [-0.25, -0.2) is 4.98 Å². The van der Waals surface area contributed by atoms with Gasteiger partial charge in [-0.3, -0.25) is 0 Å². The van der Waals surface area contributed by atoms with Gasteiger partial charge in [0.1, 0.15) is 0 Å². The molecule has 2 N–H and O–H groups in total. The maximum absolute atomic E-state index is 8.12. The Hall–Kier alpha value is -2.48. The number of aromatic nitrogens is 1. The zero-order chi connectivity index (χ0) is 13.5. The van der Waals surface area contributed by atoms with Gasteiger partial charge < -0.3 is 5.73 Å². The fourth-order valence-electron chi connectivity index (χ4n) is 1.46. The van der Waals surface area contributed by atoms with Crippen LogP contribution in [0.15, 0.2) is 34.8 Å². The molecule has 0 aliphatic rings. The molecule has 0 saturated heterocycles. The molecule has 0 radical (unpaired) electrons. The first-order chi connectivity index (χ1) is 9.29. The maximum atomic E-state index is 8.12. The molecule has 0 bridgehead atoms. The maximum Gasteiger partial charge on any atom is 0.180 e. The molecular weight excluding hydrogens is 258 g/mol. The van der Waals surface area contributed by atoms with Crippen LogP contribution in [0.25, 0.3) is 21.7 Å². The van der Waals surface area contributed by atoms with Crippen molar-refractivity contribution in [2.75, 3.05) is 12.3 Å². The predicted molar refractivity (Wildman–Crippen MR) is 77.5 cm³/mol. The van der Waals surface area contributed by atoms with Crippen molar-refractivity contribution in [3.8, 4) is 23.1 Å². The molecule has 2 aromatic rings. The van der Waals surface area contributed by atoms with E-state index in [-0.39, 0.29) is 0 Å². The molecule has 1 aromatic carbocycles. The Balaban J connectivity index is 2.04. The van der Waals surface area contributed by atoms with Crippen LogP contribution in [0.3, 0.4) is 0 Å². The zero-order valence-corrected chi connectivity index (χ0v) is 10.9. The Morgan fingerprint density at radius 3 is 2.79 bits per heavy atom. The van der Waals surface area contributed by atoms with Crippen LogP contribution in [0.5, 0.6) is 0 Å². The number of hydrogen-bond acceptors (Lipinski definition) is 4. The van der Waals surface area contributed by atoms with Crippen molar-refractivity contribution in [1.82, 2.24) is 4.98 Å². The molecule has 0 spiro atoms. The Kier molecular flexibility index (Phi) is 4.40. The summed E-state index contributed by atoms with van der Waals surface area (Å²) in [4.78, 5) is 6.89. The van der Waals surface area contributed by atoms with Gasteiger partial charge in [0.15, 0.2) is 5.13 Å². The normalized spacial score (nSPS) is 9.26. The SMILES string of the molecule is [N-]=[N+]=NCCC#Cc1ccc(-c2csc(N)n2)cc1. The Labute approximate surface area is 114 Å². The molecule has 0 unspecified atom stereocenters. The number of anilines is 1. The molecule has 94 valence electrons. The van der Waals surface area contributed by atoms with E-state index in [0.717, 1.165) is 16.8 Å². The predicted octanol–water partition coefficient (Wildman–Crippen LogP) is 3.44. The summed E-state index contributed by atoms with van der Waals surface area (Å²) in [5, 5.41) is 5.91. The zero-order valence-electron chi connectivity index (χ0n) is 10.1. The first-order valence-electron chi connectivity index (χ1n) is 5.61. The van der Waals surface area contributed by atoms with Crippen LogP contribution >= 0.6 is 11.3 Å². The summed E-state index contributed by atoms with van der Waals surface area (Å²) >= 11 is 1.42. The van der Waals surface area contributed by atoms with Crippen molar-refractivity contribution in [3.05, 3.63) is 45.7 Å². The summed E-state index contributed by atoms with van der Waals surface area (Å²) in [6.07, 6.45) is 0.564. The highest BCUT2D eigenvalue weighted by atomic mass is 32.1. The first kappa shape index (κ1) is 13.0. The largest absolute Gasteiger partial charge is 0.375 e. The summed E-state index contributed by atoms with van der Waals surface area (Å²) in [6, 6.07) is 7.80. The molecule has 0 atom stereocenters. The first-order valence-corrected chi connectivity index (χ1v) is 6.49. The van der Waals surface area contributed by atoms with Crippen molar-refractivity contribution in [2.45, 2.75) is 6.42 Å². The second-order valence-electron chi connectivity index (χ2n) is 3.65. The highest BCUT2D eigenvalue weighted by Gasteiger charge is 2.01. The molecule has 2 rings (SSSR count). The number of thiazole rings is 1. The highest BCUT2D eigenvalue weighted by molar-refractivity contribution is 7.13. The van der Waals surface area contributed by atoms with Crippen molar-refractivity contribution >= 4 is 16.5 Å². The second-order valence-corrected chi connectivity index (χ2v) is 4.54. The lowest BCUT2D eigenvalue weighted by Gasteiger charge is -1.96. The molecule has 0 saturated carbocycles. The van der Waals surface area contributed by atoms with E-state index in [1.54, 1.807) is 0 Å². The lowest BCUT2D eigenvalue weighted by atomic mass is 10.1. The Morgan fingerprint density at radius 2 is 2.16 bits per heavy atom. The van der Waals surface area contributed by atoms with Crippen LogP contribution in [0, 0.1) is 11.8 Å². The van der Waals surface area contributed by atoms with Gasteiger partial charge in [0, 0.05) is 34.4 Å². The average Bonchev–Trinajstić information content (AvgIpc) is 2.86. The van der Waals surface area contributed by atoms with Crippen molar-refractivity contribution < 1.29 is 0 Å². The molecule has 0 aliphatic heterocycles. The van der Waals surface area contributed by atoms with Crippen LogP contribution in [0.2, 0.25) is 0 Å². The fourth-order valence-corrected chi connectivity index (χ4v) is 2.03. The topological polar surface area (TPSA) is 87.7 Å². The van der Waals surface area contributed by atoms with E-state index in [1.165, 1.54) is 11.3 Å². The summed E-state index contributed by atoms with van der Waals surface area (Å²) in [7, 11) is 0. The number of azide groups is 1. The van der Waals surface area contributed by atoms with E-state index >= 15 is 0 Å². The molecular formula is C13H11N5S. The van der Waals surface area contributed by atoms with Crippen LogP contribution in [-0.2, 0) is 0 Å². The number of nitrogens with zero attached hydrogens (tertiary/aromatic N) is 4. The van der Waals surface area contributed by atoms with Gasteiger partial charge in [-0.05, 0) is 17.7 Å². The van der Waals surface area contributed by atoms with Gasteiger partial charge in [0.2, 0.25) is 0 Å². The third-order valence-electron chi connectivity index (χ3n) is 2.34. The monoisotopic (exact) mass is 269 g/mol. The van der Waals surface area contributed by atoms with E-state index in [9.17, 15) is 0 Å². The number of nitrogens with two attached hydrogens (primary N) is 1. The van der Waals surface area contributed by atoms with Crippen LogP contribution in [-0.4, -0.2) is 11.5 Å². The Bertz CT molecular complexity index is 656. The molecule has 0 fully saturated rings. The number of benzene rings is 1. The smallest absolute Gasteiger partial charge is 0.180 e. The van der Waals surface area contributed by atoms with E-state index in [2.05, 4.69) is 26.9 Å². The van der Waals surface area contributed by atoms with Crippen LogP contribution in [0.1, 0.15) is 12.0 Å². The molecule has 5 nitrogen and oxygen atoms in total.